The fourth-order valence-corrected chi connectivity index (χ4v) is 2.87. The lowest BCUT2D eigenvalue weighted by Crippen LogP contribution is -2.24. The monoisotopic (exact) mass is 360 g/mol. The smallest absolute Gasteiger partial charge is 0.291 e. The summed E-state index contributed by atoms with van der Waals surface area (Å²) in [5, 5.41) is 13.4. The Bertz CT molecular complexity index is 1140. The van der Waals surface area contributed by atoms with E-state index >= 15 is 0 Å². The molecule has 0 bridgehead atoms. The Morgan fingerprint density at radius 3 is 2.63 bits per heavy atom. The van der Waals surface area contributed by atoms with Crippen molar-refractivity contribution >= 4 is 16.8 Å². The number of aromatic hydroxyl groups is 1. The van der Waals surface area contributed by atoms with E-state index in [0.29, 0.717) is 0 Å². The number of rotatable bonds is 4. The first kappa shape index (κ1) is 16.7. The van der Waals surface area contributed by atoms with Gasteiger partial charge in [-0.15, -0.1) is 0 Å². The molecule has 0 atom stereocenters. The average molecular weight is 360 g/mol. The van der Waals surface area contributed by atoms with Crippen LogP contribution in [0.15, 0.2) is 76.1 Å². The van der Waals surface area contributed by atoms with Crippen LogP contribution in [-0.2, 0) is 6.54 Å². The molecule has 4 aromatic rings. The summed E-state index contributed by atoms with van der Waals surface area (Å²) in [5.74, 6) is -1.73. The van der Waals surface area contributed by atoms with Crippen molar-refractivity contribution < 1.29 is 14.3 Å². The molecule has 0 fully saturated rings. The number of amides is 1. The molecule has 0 radical (unpaired) electrons. The topological polar surface area (TPSA) is 95.3 Å². The van der Waals surface area contributed by atoms with Gasteiger partial charge in [0, 0.05) is 29.2 Å². The highest BCUT2D eigenvalue weighted by molar-refractivity contribution is 5.93. The Morgan fingerprint density at radius 2 is 1.85 bits per heavy atom. The maximum atomic E-state index is 12.1. The molecule has 0 aliphatic carbocycles. The quantitative estimate of drug-likeness (QED) is 0.520. The number of fused-ring (bicyclic) bond motifs is 1. The number of aromatic nitrogens is 1. The van der Waals surface area contributed by atoms with E-state index < -0.39 is 22.8 Å². The van der Waals surface area contributed by atoms with Gasteiger partial charge in [0.15, 0.2) is 0 Å². The molecule has 0 saturated heterocycles. The zero-order valence-corrected chi connectivity index (χ0v) is 14.2. The lowest BCUT2D eigenvalue weighted by Gasteiger charge is -2.06. The summed E-state index contributed by atoms with van der Waals surface area (Å²) >= 11 is 0. The van der Waals surface area contributed by atoms with E-state index in [-0.39, 0.29) is 6.54 Å². The molecule has 27 heavy (non-hydrogen) atoms. The second-order valence-electron chi connectivity index (χ2n) is 6.11. The lowest BCUT2D eigenvalue weighted by atomic mass is 10.1. The Balaban J connectivity index is 1.47. The van der Waals surface area contributed by atoms with Crippen LogP contribution >= 0.6 is 0 Å². The highest BCUT2D eigenvalue weighted by atomic mass is 16.4. The van der Waals surface area contributed by atoms with Gasteiger partial charge in [-0.3, -0.25) is 9.59 Å². The number of carbonyl (C=O) groups excluding carboxylic acids is 1. The molecular weight excluding hydrogens is 344 g/mol. The minimum absolute atomic E-state index is 0.240. The number of H-pyrrole nitrogens is 1. The molecule has 3 N–H and O–H groups in total. The summed E-state index contributed by atoms with van der Waals surface area (Å²) in [6.45, 7) is 0.240. The van der Waals surface area contributed by atoms with Crippen LogP contribution in [0.3, 0.4) is 0 Å². The molecule has 0 aliphatic heterocycles. The van der Waals surface area contributed by atoms with Gasteiger partial charge in [0.2, 0.25) is 16.9 Å². The van der Waals surface area contributed by atoms with Crippen LogP contribution in [0, 0.1) is 0 Å². The molecule has 6 heteroatoms. The van der Waals surface area contributed by atoms with Gasteiger partial charge in [0.05, 0.1) is 6.26 Å². The van der Waals surface area contributed by atoms with Gasteiger partial charge in [0.25, 0.3) is 5.91 Å². The van der Waals surface area contributed by atoms with E-state index in [1.165, 1.54) is 0 Å². The Hall–Kier alpha value is -3.80. The van der Waals surface area contributed by atoms with Gasteiger partial charge in [-0.05, 0) is 23.3 Å². The van der Waals surface area contributed by atoms with Crippen molar-refractivity contribution in [2.45, 2.75) is 6.54 Å². The molecule has 0 unspecified atom stereocenters. The average Bonchev–Trinajstić information content (AvgIpc) is 3.13. The van der Waals surface area contributed by atoms with Crippen molar-refractivity contribution in [3.8, 4) is 17.0 Å². The van der Waals surface area contributed by atoms with Crippen molar-refractivity contribution in [2.75, 3.05) is 0 Å². The van der Waals surface area contributed by atoms with Crippen molar-refractivity contribution in [3.63, 3.8) is 0 Å². The fraction of sp³-hybridized carbons (Fsp3) is 0.0476. The number of hydrogen-bond acceptors (Lipinski definition) is 4. The van der Waals surface area contributed by atoms with Gasteiger partial charge in [-0.1, -0.05) is 42.5 Å². The number of nitrogens with one attached hydrogen (secondary N) is 2. The number of hydrogen-bond donors (Lipinski definition) is 3. The Kier molecular flexibility index (Phi) is 4.22. The molecule has 2 aromatic heterocycles. The number of carbonyl (C=O) groups is 1. The van der Waals surface area contributed by atoms with E-state index in [1.807, 2.05) is 42.5 Å². The Morgan fingerprint density at radius 1 is 1.07 bits per heavy atom. The molecule has 2 aromatic carbocycles. The van der Waals surface area contributed by atoms with Crippen LogP contribution in [0.1, 0.15) is 16.1 Å². The van der Waals surface area contributed by atoms with E-state index in [1.54, 1.807) is 0 Å². The molecule has 2 heterocycles. The van der Waals surface area contributed by atoms with Crippen LogP contribution in [0.5, 0.6) is 5.75 Å². The van der Waals surface area contributed by atoms with Crippen molar-refractivity contribution in [1.29, 1.82) is 0 Å². The van der Waals surface area contributed by atoms with Gasteiger partial charge >= 0.3 is 0 Å². The second-order valence-corrected chi connectivity index (χ2v) is 6.11. The molecule has 0 spiro atoms. The standard InChI is InChI=1S/C21H16N2O4/c24-18-9-10-27-20(19(18)25)21(26)22-12-13-5-7-14(8-6-13)17-11-15-3-1-2-4-16(15)23-17/h1-11,23,25H,12H2,(H,22,26). The maximum absolute atomic E-state index is 12.1. The second kappa shape index (κ2) is 6.84. The molecule has 4 rings (SSSR count). The summed E-state index contributed by atoms with van der Waals surface area (Å²) in [5.41, 5.74) is 3.35. The van der Waals surface area contributed by atoms with E-state index in [2.05, 4.69) is 22.4 Å². The third-order valence-corrected chi connectivity index (χ3v) is 4.31. The molecule has 134 valence electrons. The summed E-state index contributed by atoms with van der Waals surface area (Å²) < 4.78 is 4.93. The van der Waals surface area contributed by atoms with Crippen LogP contribution in [0.2, 0.25) is 0 Å². The first-order chi connectivity index (χ1) is 13.1. The van der Waals surface area contributed by atoms with Crippen LogP contribution in [0.4, 0.5) is 0 Å². The normalized spacial score (nSPS) is 10.8. The van der Waals surface area contributed by atoms with Crippen LogP contribution in [0.25, 0.3) is 22.2 Å². The van der Waals surface area contributed by atoms with E-state index in [9.17, 15) is 14.7 Å². The van der Waals surface area contributed by atoms with Crippen LogP contribution in [-0.4, -0.2) is 16.0 Å². The summed E-state index contributed by atoms with van der Waals surface area (Å²) in [6, 6.07) is 18.9. The van der Waals surface area contributed by atoms with Crippen molar-refractivity contribution in [1.82, 2.24) is 10.3 Å². The number of benzene rings is 2. The van der Waals surface area contributed by atoms with Gasteiger partial charge in [0.1, 0.15) is 0 Å². The van der Waals surface area contributed by atoms with Gasteiger partial charge < -0.3 is 19.8 Å². The van der Waals surface area contributed by atoms with E-state index in [4.69, 9.17) is 4.42 Å². The minimum Gasteiger partial charge on any atom is -0.501 e. The summed E-state index contributed by atoms with van der Waals surface area (Å²) in [6.07, 6.45) is 1.08. The molecule has 6 nitrogen and oxygen atoms in total. The number of para-hydroxylation sites is 1. The third kappa shape index (κ3) is 3.32. The van der Waals surface area contributed by atoms with Gasteiger partial charge in [-0.2, -0.15) is 0 Å². The molecule has 0 aliphatic rings. The van der Waals surface area contributed by atoms with E-state index in [0.717, 1.165) is 40.1 Å². The fourth-order valence-electron chi connectivity index (χ4n) is 2.87. The predicted octanol–water partition coefficient (Wildman–Crippen LogP) is 3.42. The van der Waals surface area contributed by atoms with Crippen LogP contribution < -0.4 is 10.7 Å². The SMILES string of the molecule is O=C(NCc1ccc(-c2cc3ccccc3[nH]2)cc1)c1occc(=O)c1O. The molecular formula is C21H16N2O4. The third-order valence-electron chi connectivity index (χ3n) is 4.31. The highest BCUT2D eigenvalue weighted by Crippen LogP contribution is 2.24. The largest absolute Gasteiger partial charge is 0.501 e. The molecule has 0 saturated carbocycles. The minimum atomic E-state index is -0.691. The zero-order valence-electron chi connectivity index (χ0n) is 14.2. The summed E-state index contributed by atoms with van der Waals surface area (Å²) in [4.78, 5) is 26.8. The number of aromatic amines is 1. The van der Waals surface area contributed by atoms with Crippen molar-refractivity contribution in [2.24, 2.45) is 0 Å². The molecule has 1 amide bonds. The van der Waals surface area contributed by atoms with Gasteiger partial charge in [-0.25, -0.2) is 0 Å². The Labute approximate surface area is 154 Å². The lowest BCUT2D eigenvalue weighted by molar-refractivity contribution is 0.0915. The highest BCUT2D eigenvalue weighted by Gasteiger charge is 2.16. The van der Waals surface area contributed by atoms with Crippen molar-refractivity contribution in [3.05, 3.63) is 88.5 Å². The summed E-state index contributed by atoms with van der Waals surface area (Å²) in [7, 11) is 0. The zero-order chi connectivity index (χ0) is 18.8. The first-order valence-corrected chi connectivity index (χ1v) is 8.38. The first-order valence-electron chi connectivity index (χ1n) is 8.38. The predicted molar refractivity (Wildman–Crippen MR) is 102 cm³/mol. The maximum Gasteiger partial charge on any atom is 0.291 e.